The molecule has 0 aliphatic heterocycles. The van der Waals surface area contributed by atoms with Crippen molar-refractivity contribution < 1.29 is 4.79 Å². The molecule has 0 bridgehead atoms. The Hall–Kier alpha value is -0.570. The molecule has 0 aromatic heterocycles. The van der Waals surface area contributed by atoms with Crippen LogP contribution in [0.15, 0.2) is 0 Å². The zero-order valence-electron chi connectivity index (χ0n) is 8.62. The third-order valence-corrected chi connectivity index (χ3v) is 2.77. The van der Waals surface area contributed by atoms with Crippen molar-refractivity contribution in [3.05, 3.63) is 0 Å². The van der Waals surface area contributed by atoms with E-state index in [9.17, 15) is 4.79 Å². The van der Waals surface area contributed by atoms with Crippen LogP contribution in [0.4, 0.5) is 0 Å². The minimum Gasteiger partial charge on any atom is -0.344 e. The van der Waals surface area contributed by atoms with Gasteiger partial charge >= 0.3 is 0 Å². The first-order chi connectivity index (χ1) is 6.11. The first-order valence-corrected chi connectivity index (χ1v) is 5.12. The lowest BCUT2D eigenvalue weighted by Crippen LogP contribution is -2.41. The van der Waals surface area contributed by atoms with Crippen molar-refractivity contribution in [1.29, 1.82) is 0 Å². The van der Waals surface area contributed by atoms with Crippen LogP contribution in [0.5, 0.6) is 0 Å². The average molecular weight is 184 g/mol. The Morgan fingerprint density at radius 2 is 2.08 bits per heavy atom. The normalized spacial score (nSPS) is 20.2. The van der Waals surface area contributed by atoms with Crippen LogP contribution in [0.3, 0.4) is 0 Å². The van der Waals surface area contributed by atoms with Gasteiger partial charge in [-0.2, -0.15) is 0 Å². The first-order valence-electron chi connectivity index (χ1n) is 5.12. The van der Waals surface area contributed by atoms with E-state index in [0.717, 1.165) is 6.54 Å². The monoisotopic (exact) mass is 184 g/mol. The highest BCUT2D eigenvalue weighted by molar-refractivity contribution is 5.80. The van der Waals surface area contributed by atoms with E-state index in [-0.39, 0.29) is 11.9 Å². The standard InChI is InChI=1S/C10H20N2O/c1-8(11)10(13)12(2)7-9-5-3-4-6-9/h8-9H,3-7,11H2,1-2H3/t8-/m1/s1. The van der Waals surface area contributed by atoms with Crippen molar-refractivity contribution in [1.82, 2.24) is 4.90 Å². The second kappa shape index (κ2) is 4.61. The number of amides is 1. The minimum absolute atomic E-state index is 0.0619. The van der Waals surface area contributed by atoms with Crippen LogP contribution in [-0.2, 0) is 4.79 Å². The molecule has 1 rings (SSSR count). The summed E-state index contributed by atoms with van der Waals surface area (Å²) in [6.45, 7) is 2.63. The highest BCUT2D eigenvalue weighted by Crippen LogP contribution is 2.25. The molecule has 0 unspecified atom stereocenters. The summed E-state index contributed by atoms with van der Waals surface area (Å²) in [7, 11) is 1.85. The van der Waals surface area contributed by atoms with Crippen LogP contribution in [0.1, 0.15) is 32.6 Å². The van der Waals surface area contributed by atoms with Gasteiger partial charge in [-0.3, -0.25) is 4.79 Å². The Bertz CT molecular complexity index is 174. The van der Waals surface area contributed by atoms with E-state index in [2.05, 4.69) is 0 Å². The van der Waals surface area contributed by atoms with Crippen LogP contribution < -0.4 is 5.73 Å². The number of likely N-dealkylation sites (N-methyl/N-ethyl adjacent to an activating group) is 1. The predicted molar refractivity (Wildman–Crippen MR) is 53.2 cm³/mol. The van der Waals surface area contributed by atoms with Crippen LogP contribution in [0.25, 0.3) is 0 Å². The molecule has 1 saturated carbocycles. The maximum atomic E-state index is 11.4. The molecule has 0 heterocycles. The van der Waals surface area contributed by atoms with Gasteiger partial charge in [-0.1, -0.05) is 12.8 Å². The largest absolute Gasteiger partial charge is 0.344 e. The molecule has 1 fully saturated rings. The zero-order valence-corrected chi connectivity index (χ0v) is 8.62. The molecule has 0 radical (unpaired) electrons. The summed E-state index contributed by atoms with van der Waals surface area (Å²) in [6, 6.07) is -0.355. The van der Waals surface area contributed by atoms with Gasteiger partial charge in [0.05, 0.1) is 6.04 Å². The molecule has 1 atom stereocenters. The highest BCUT2D eigenvalue weighted by Gasteiger charge is 2.20. The van der Waals surface area contributed by atoms with Gasteiger partial charge in [-0.25, -0.2) is 0 Å². The van der Waals surface area contributed by atoms with E-state index in [0.29, 0.717) is 5.92 Å². The van der Waals surface area contributed by atoms with Gasteiger partial charge in [0.15, 0.2) is 0 Å². The minimum atomic E-state index is -0.355. The predicted octanol–water partition coefficient (Wildman–Crippen LogP) is 0.982. The third kappa shape index (κ3) is 2.99. The van der Waals surface area contributed by atoms with Crippen molar-refractivity contribution in [2.24, 2.45) is 11.7 Å². The highest BCUT2D eigenvalue weighted by atomic mass is 16.2. The van der Waals surface area contributed by atoms with Crippen molar-refractivity contribution in [3.8, 4) is 0 Å². The Kier molecular flexibility index (Phi) is 3.72. The topological polar surface area (TPSA) is 46.3 Å². The van der Waals surface area contributed by atoms with E-state index in [1.54, 1.807) is 11.8 Å². The number of carbonyl (C=O) groups excluding carboxylic acids is 1. The maximum Gasteiger partial charge on any atom is 0.238 e. The number of hydrogen-bond donors (Lipinski definition) is 1. The van der Waals surface area contributed by atoms with E-state index >= 15 is 0 Å². The van der Waals surface area contributed by atoms with Gasteiger partial charge < -0.3 is 10.6 Å². The molecule has 1 amide bonds. The quantitative estimate of drug-likeness (QED) is 0.710. The van der Waals surface area contributed by atoms with Crippen LogP contribution in [-0.4, -0.2) is 30.4 Å². The molecule has 0 spiro atoms. The molecule has 0 saturated heterocycles. The number of nitrogens with two attached hydrogens (primary N) is 1. The summed E-state index contributed by atoms with van der Waals surface area (Å²) >= 11 is 0. The molecule has 1 aliphatic carbocycles. The molecule has 13 heavy (non-hydrogen) atoms. The molecule has 0 aromatic carbocycles. The second-order valence-corrected chi connectivity index (χ2v) is 4.16. The van der Waals surface area contributed by atoms with E-state index in [1.165, 1.54) is 25.7 Å². The maximum absolute atomic E-state index is 11.4. The fraction of sp³-hybridized carbons (Fsp3) is 0.900. The second-order valence-electron chi connectivity index (χ2n) is 4.16. The summed E-state index contributed by atoms with van der Waals surface area (Å²) in [5.74, 6) is 0.777. The third-order valence-electron chi connectivity index (χ3n) is 2.77. The lowest BCUT2D eigenvalue weighted by atomic mass is 10.1. The van der Waals surface area contributed by atoms with Crippen molar-refractivity contribution in [2.75, 3.05) is 13.6 Å². The lowest BCUT2D eigenvalue weighted by Gasteiger charge is -2.22. The summed E-state index contributed by atoms with van der Waals surface area (Å²) in [4.78, 5) is 13.2. The van der Waals surface area contributed by atoms with Crippen LogP contribution >= 0.6 is 0 Å². The molecule has 2 N–H and O–H groups in total. The summed E-state index contributed by atoms with van der Waals surface area (Å²) in [5.41, 5.74) is 5.52. The molecular weight excluding hydrogens is 164 g/mol. The molecule has 1 aliphatic rings. The van der Waals surface area contributed by atoms with Gasteiger partial charge in [0.25, 0.3) is 0 Å². The number of carbonyl (C=O) groups is 1. The van der Waals surface area contributed by atoms with Gasteiger partial charge in [-0.05, 0) is 25.7 Å². The summed E-state index contributed by atoms with van der Waals surface area (Å²) in [6.07, 6.45) is 5.20. The van der Waals surface area contributed by atoms with Crippen molar-refractivity contribution >= 4 is 5.91 Å². The Morgan fingerprint density at radius 1 is 1.54 bits per heavy atom. The zero-order chi connectivity index (χ0) is 9.84. The lowest BCUT2D eigenvalue weighted by molar-refractivity contribution is -0.131. The van der Waals surface area contributed by atoms with Gasteiger partial charge in [0.2, 0.25) is 5.91 Å². The molecular formula is C10H20N2O. The van der Waals surface area contributed by atoms with Crippen molar-refractivity contribution in [3.63, 3.8) is 0 Å². The van der Waals surface area contributed by atoms with E-state index in [4.69, 9.17) is 5.73 Å². The molecule has 76 valence electrons. The fourth-order valence-electron chi connectivity index (χ4n) is 2.02. The Morgan fingerprint density at radius 3 is 2.54 bits per heavy atom. The molecule has 3 nitrogen and oxygen atoms in total. The average Bonchev–Trinajstić information content (AvgIpc) is 2.55. The summed E-state index contributed by atoms with van der Waals surface area (Å²) in [5, 5.41) is 0. The number of nitrogens with zero attached hydrogens (tertiary/aromatic N) is 1. The number of rotatable bonds is 3. The number of hydrogen-bond acceptors (Lipinski definition) is 2. The smallest absolute Gasteiger partial charge is 0.238 e. The summed E-state index contributed by atoms with van der Waals surface area (Å²) < 4.78 is 0. The van der Waals surface area contributed by atoms with Crippen molar-refractivity contribution in [2.45, 2.75) is 38.6 Å². The van der Waals surface area contributed by atoms with Gasteiger partial charge in [0.1, 0.15) is 0 Å². The van der Waals surface area contributed by atoms with E-state index in [1.807, 2.05) is 7.05 Å². The van der Waals surface area contributed by atoms with Gasteiger partial charge in [0, 0.05) is 13.6 Å². The Labute approximate surface area is 80.3 Å². The van der Waals surface area contributed by atoms with Crippen LogP contribution in [0.2, 0.25) is 0 Å². The van der Waals surface area contributed by atoms with E-state index < -0.39 is 0 Å². The first kappa shape index (κ1) is 10.5. The fourth-order valence-corrected chi connectivity index (χ4v) is 2.02. The van der Waals surface area contributed by atoms with Gasteiger partial charge in [-0.15, -0.1) is 0 Å². The molecule has 0 aromatic rings. The molecule has 3 heteroatoms. The SMILES string of the molecule is C[C@@H](N)C(=O)N(C)CC1CCCC1. The Balaban J connectivity index is 2.31. The van der Waals surface area contributed by atoms with Crippen LogP contribution in [0, 0.1) is 5.92 Å².